The maximum absolute atomic E-state index is 12.4. The highest BCUT2D eigenvalue weighted by Crippen LogP contribution is 2.29. The van der Waals surface area contributed by atoms with Crippen LogP contribution in [0.25, 0.3) is 0 Å². The van der Waals surface area contributed by atoms with Gasteiger partial charge in [0.1, 0.15) is 11.5 Å². The van der Waals surface area contributed by atoms with Crippen molar-refractivity contribution in [3.05, 3.63) is 23.8 Å². The second-order valence-corrected chi connectivity index (χ2v) is 5.06. The number of ether oxygens (including phenoxy) is 2. The van der Waals surface area contributed by atoms with E-state index in [1.54, 1.807) is 14.2 Å². The molecule has 1 saturated heterocycles. The molecule has 1 aliphatic rings. The van der Waals surface area contributed by atoms with Gasteiger partial charge in [-0.2, -0.15) is 0 Å². The fourth-order valence-electron chi connectivity index (χ4n) is 2.60. The summed E-state index contributed by atoms with van der Waals surface area (Å²) in [5, 5.41) is 0. The average molecular weight is 315 g/mol. The van der Waals surface area contributed by atoms with Crippen LogP contribution in [0, 0.1) is 0 Å². The molecule has 118 valence electrons. The van der Waals surface area contributed by atoms with E-state index in [0.29, 0.717) is 18.0 Å². The van der Waals surface area contributed by atoms with E-state index in [0.717, 1.165) is 24.9 Å². The Balaban J connectivity index is 0.00000220. The Morgan fingerprint density at radius 1 is 1.33 bits per heavy atom. The molecule has 0 aromatic heterocycles. The molecule has 21 heavy (non-hydrogen) atoms. The summed E-state index contributed by atoms with van der Waals surface area (Å²) in [5.41, 5.74) is 6.72. The van der Waals surface area contributed by atoms with Crippen LogP contribution in [0.3, 0.4) is 0 Å². The van der Waals surface area contributed by atoms with Crippen molar-refractivity contribution in [3.63, 3.8) is 0 Å². The first kappa shape index (κ1) is 17.6. The van der Waals surface area contributed by atoms with Gasteiger partial charge in [0.2, 0.25) is 5.91 Å². The number of hydrogen-bond acceptors (Lipinski definition) is 4. The SMILES string of the molecule is COc1cccc(OC)c1CC(=O)N1CCCC(N)C1.Cl. The van der Waals surface area contributed by atoms with Gasteiger partial charge in [-0.15, -0.1) is 12.4 Å². The largest absolute Gasteiger partial charge is 0.496 e. The summed E-state index contributed by atoms with van der Waals surface area (Å²) in [6.07, 6.45) is 2.23. The number of rotatable bonds is 4. The van der Waals surface area contributed by atoms with E-state index in [4.69, 9.17) is 15.2 Å². The van der Waals surface area contributed by atoms with Gasteiger partial charge >= 0.3 is 0 Å². The highest BCUT2D eigenvalue weighted by molar-refractivity contribution is 5.85. The third-order valence-corrected chi connectivity index (χ3v) is 3.67. The van der Waals surface area contributed by atoms with E-state index in [1.165, 1.54) is 0 Å². The van der Waals surface area contributed by atoms with Crippen molar-refractivity contribution in [2.75, 3.05) is 27.3 Å². The van der Waals surface area contributed by atoms with Crippen LogP contribution in [-0.4, -0.2) is 44.2 Å². The summed E-state index contributed by atoms with van der Waals surface area (Å²) in [6.45, 7) is 1.42. The molecule has 6 heteroatoms. The van der Waals surface area contributed by atoms with E-state index in [9.17, 15) is 4.79 Å². The van der Waals surface area contributed by atoms with E-state index in [-0.39, 0.29) is 30.8 Å². The molecule has 1 aliphatic heterocycles. The van der Waals surface area contributed by atoms with Crippen molar-refractivity contribution in [1.29, 1.82) is 0 Å². The minimum absolute atomic E-state index is 0. The zero-order chi connectivity index (χ0) is 14.5. The Kier molecular flexibility index (Phi) is 6.78. The van der Waals surface area contributed by atoms with Crippen molar-refractivity contribution < 1.29 is 14.3 Å². The van der Waals surface area contributed by atoms with Gasteiger partial charge in [-0.25, -0.2) is 0 Å². The summed E-state index contributed by atoms with van der Waals surface area (Å²) in [7, 11) is 3.19. The molecule has 0 radical (unpaired) electrons. The standard InChI is InChI=1S/C15H22N2O3.ClH/c1-19-13-6-3-7-14(20-2)12(13)9-15(18)17-8-4-5-11(16)10-17;/h3,6-7,11H,4-5,8-10,16H2,1-2H3;1H. The summed E-state index contributed by atoms with van der Waals surface area (Å²) in [4.78, 5) is 14.2. The monoisotopic (exact) mass is 314 g/mol. The van der Waals surface area contributed by atoms with Gasteiger partial charge in [-0.3, -0.25) is 4.79 Å². The molecule has 0 aliphatic carbocycles. The van der Waals surface area contributed by atoms with Crippen LogP contribution in [-0.2, 0) is 11.2 Å². The molecule has 0 spiro atoms. The zero-order valence-corrected chi connectivity index (χ0v) is 13.3. The number of likely N-dealkylation sites (tertiary alicyclic amines) is 1. The molecule has 1 unspecified atom stereocenters. The Labute approximate surface area is 131 Å². The number of hydrogen-bond donors (Lipinski definition) is 1. The average Bonchev–Trinajstić information content (AvgIpc) is 2.47. The van der Waals surface area contributed by atoms with E-state index >= 15 is 0 Å². The van der Waals surface area contributed by atoms with Crippen LogP contribution in [0.1, 0.15) is 18.4 Å². The predicted octanol–water partition coefficient (Wildman–Crippen LogP) is 1.62. The number of amides is 1. The van der Waals surface area contributed by atoms with Crippen LogP contribution in [0.5, 0.6) is 11.5 Å². The third kappa shape index (κ3) is 4.25. The number of carbonyl (C=O) groups is 1. The summed E-state index contributed by atoms with van der Waals surface area (Å²) >= 11 is 0. The van der Waals surface area contributed by atoms with Gasteiger partial charge in [0.15, 0.2) is 0 Å². The minimum atomic E-state index is 0. The molecule has 2 N–H and O–H groups in total. The number of halogens is 1. The minimum Gasteiger partial charge on any atom is -0.496 e. The molecule has 1 fully saturated rings. The zero-order valence-electron chi connectivity index (χ0n) is 12.5. The quantitative estimate of drug-likeness (QED) is 0.917. The second-order valence-electron chi connectivity index (χ2n) is 5.06. The van der Waals surface area contributed by atoms with E-state index < -0.39 is 0 Å². The first-order chi connectivity index (χ1) is 9.65. The summed E-state index contributed by atoms with van der Waals surface area (Å²) in [5.74, 6) is 1.43. The molecule has 0 saturated carbocycles. The molecule has 0 bridgehead atoms. The van der Waals surface area contributed by atoms with Crippen molar-refractivity contribution in [2.24, 2.45) is 5.73 Å². The normalized spacial score (nSPS) is 17.9. The molecule has 5 nitrogen and oxygen atoms in total. The number of benzene rings is 1. The van der Waals surface area contributed by atoms with Crippen LogP contribution in [0.4, 0.5) is 0 Å². The Morgan fingerprint density at radius 3 is 2.48 bits per heavy atom. The Bertz CT molecular complexity index is 460. The van der Waals surface area contributed by atoms with Crippen LogP contribution in [0.2, 0.25) is 0 Å². The lowest BCUT2D eigenvalue weighted by molar-refractivity contribution is -0.131. The lowest BCUT2D eigenvalue weighted by Crippen LogP contribution is -2.46. The first-order valence-corrected chi connectivity index (χ1v) is 6.89. The Morgan fingerprint density at radius 2 is 1.95 bits per heavy atom. The fraction of sp³-hybridized carbons (Fsp3) is 0.533. The third-order valence-electron chi connectivity index (χ3n) is 3.67. The van der Waals surface area contributed by atoms with Crippen LogP contribution in [0.15, 0.2) is 18.2 Å². The summed E-state index contributed by atoms with van der Waals surface area (Å²) in [6, 6.07) is 5.62. The number of piperidine rings is 1. The predicted molar refractivity (Wildman–Crippen MR) is 84.3 cm³/mol. The number of methoxy groups -OCH3 is 2. The van der Waals surface area contributed by atoms with Gasteiger partial charge < -0.3 is 20.1 Å². The van der Waals surface area contributed by atoms with Gasteiger partial charge in [0, 0.05) is 24.7 Å². The van der Waals surface area contributed by atoms with Crippen LogP contribution >= 0.6 is 12.4 Å². The van der Waals surface area contributed by atoms with E-state index in [2.05, 4.69) is 0 Å². The molecule has 2 rings (SSSR count). The first-order valence-electron chi connectivity index (χ1n) is 6.89. The van der Waals surface area contributed by atoms with Crippen LogP contribution < -0.4 is 15.2 Å². The molecule has 1 aromatic rings. The lowest BCUT2D eigenvalue weighted by Gasteiger charge is -2.31. The highest BCUT2D eigenvalue weighted by Gasteiger charge is 2.23. The smallest absolute Gasteiger partial charge is 0.227 e. The second kappa shape index (κ2) is 8.10. The van der Waals surface area contributed by atoms with E-state index in [1.807, 2.05) is 23.1 Å². The number of nitrogens with two attached hydrogens (primary N) is 1. The maximum atomic E-state index is 12.4. The van der Waals surface area contributed by atoms with Gasteiger partial charge in [0.05, 0.1) is 20.6 Å². The fourth-order valence-corrected chi connectivity index (χ4v) is 2.60. The number of carbonyl (C=O) groups excluding carboxylic acids is 1. The molecular weight excluding hydrogens is 292 g/mol. The molecular formula is C15H23ClN2O3. The van der Waals surface area contributed by atoms with Crippen molar-refractivity contribution in [3.8, 4) is 11.5 Å². The highest BCUT2D eigenvalue weighted by atomic mass is 35.5. The van der Waals surface area contributed by atoms with Crippen molar-refractivity contribution in [1.82, 2.24) is 4.90 Å². The molecule has 1 atom stereocenters. The topological polar surface area (TPSA) is 64.8 Å². The van der Waals surface area contributed by atoms with Gasteiger partial charge in [-0.05, 0) is 25.0 Å². The lowest BCUT2D eigenvalue weighted by atomic mass is 10.0. The van der Waals surface area contributed by atoms with Crippen molar-refractivity contribution in [2.45, 2.75) is 25.3 Å². The molecule has 1 heterocycles. The summed E-state index contributed by atoms with van der Waals surface area (Å²) < 4.78 is 10.6. The molecule has 1 amide bonds. The van der Waals surface area contributed by atoms with Gasteiger partial charge in [0.25, 0.3) is 0 Å². The Hall–Kier alpha value is -1.46. The maximum Gasteiger partial charge on any atom is 0.227 e. The number of nitrogens with zero attached hydrogens (tertiary/aromatic N) is 1. The van der Waals surface area contributed by atoms with Gasteiger partial charge in [-0.1, -0.05) is 6.07 Å². The van der Waals surface area contributed by atoms with Crippen molar-refractivity contribution >= 4 is 18.3 Å². The molecule has 1 aromatic carbocycles.